The first-order valence-corrected chi connectivity index (χ1v) is 7.15. The van der Waals surface area contributed by atoms with Crippen molar-refractivity contribution in [3.05, 3.63) is 35.4 Å². The molecule has 1 heterocycles. The number of rotatable bonds is 4. The third kappa shape index (κ3) is 2.45. The molecule has 0 bridgehead atoms. The van der Waals surface area contributed by atoms with Crippen LogP contribution in [0.5, 0.6) is 0 Å². The van der Waals surface area contributed by atoms with Crippen molar-refractivity contribution in [1.29, 1.82) is 0 Å². The molecule has 0 amide bonds. The van der Waals surface area contributed by atoms with Crippen LogP contribution in [0.1, 0.15) is 50.3 Å². The lowest BCUT2D eigenvalue weighted by Crippen LogP contribution is -2.51. The van der Waals surface area contributed by atoms with Crippen LogP contribution in [-0.4, -0.2) is 23.5 Å². The van der Waals surface area contributed by atoms with Gasteiger partial charge in [0, 0.05) is 11.6 Å². The van der Waals surface area contributed by atoms with Crippen LogP contribution in [0.15, 0.2) is 24.3 Å². The van der Waals surface area contributed by atoms with Gasteiger partial charge in [-0.15, -0.1) is 0 Å². The smallest absolute Gasteiger partial charge is 0.0479 e. The molecule has 2 nitrogen and oxygen atoms in total. The molecule has 1 aromatic carbocycles. The van der Waals surface area contributed by atoms with E-state index in [1.54, 1.807) is 0 Å². The summed E-state index contributed by atoms with van der Waals surface area (Å²) in [6, 6.07) is 8.75. The highest BCUT2D eigenvalue weighted by Crippen LogP contribution is 2.35. The second kappa shape index (κ2) is 5.41. The predicted octanol–water partition coefficient (Wildman–Crippen LogP) is 3.26. The topological polar surface area (TPSA) is 29.3 Å². The van der Waals surface area contributed by atoms with E-state index < -0.39 is 0 Å². The van der Waals surface area contributed by atoms with E-state index in [4.69, 9.17) is 5.73 Å². The Bertz CT molecular complexity index is 396. The maximum absolute atomic E-state index is 6.59. The summed E-state index contributed by atoms with van der Waals surface area (Å²) in [5.41, 5.74) is 9.24. The second-order valence-electron chi connectivity index (χ2n) is 5.80. The molecule has 1 aliphatic rings. The fraction of sp³-hybridized carbons (Fsp3) is 0.625. The zero-order valence-corrected chi connectivity index (χ0v) is 11.9. The fourth-order valence-electron chi connectivity index (χ4n) is 3.09. The molecule has 2 atom stereocenters. The Morgan fingerprint density at radius 1 is 1.33 bits per heavy atom. The lowest BCUT2D eigenvalue weighted by molar-refractivity contribution is 0.1000. The van der Waals surface area contributed by atoms with Crippen molar-refractivity contribution < 1.29 is 0 Å². The van der Waals surface area contributed by atoms with E-state index in [-0.39, 0.29) is 11.6 Å². The zero-order valence-electron chi connectivity index (χ0n) is 11.9. The molecule has 0 aromatic heterocycles. The molecule has 1 aliphatic heterocycles. The SMILES string of the molecule is CCC(C)(C(N)c1cccc(C)c1)N1CCCC1. The minimum Gasteiger partial charge on any atom is -0.322 e. The van der Waals surface area contributed by atoms with Gasteiger partial charge in [0.2, 0.25) is 0 Å². The first-order chi connectivity index (χ1) is 8.58. The van der Waals surface area contributed by atoms with E-state index >= 15 is 0 Å². The third-order valence-corrected chi connectivity index (χ3v) is 4.62. The highest BCUT2D eigenvalue weighted by atomic mass is 15.2. The molecule has 1 aromatic rings. The molecule has 0 aliphatic carbocycles. The highest BCUT2D eigenvalue weighted by Gasteiger charge is 2.38. The molecule has 0 spiro atoms. The van der Waals surface area contributed by atoms with Crippen molar-refractivity contribution in [2.24, 2.45) is 5.73 Å². The minimum absolute atomic E-state index is 0.0876. The molecule has 1 saturated heterocycles. The minimum atomic E-state index is 0.0876. The third-order valence-electron chi connectivity index (χ3n) is 4.62. The van der Waals surface area contributed by atoms with Crippen LogP contribution in [0, 0.1) is 6.92 Å². The first-order valence-electron chi connectivity index (χ1n) is 7.15. The van der Waals surface area contributed by atoms with E-state index in [0.717, 1.165) is 6.42 Å². The van der Waals surface area contributed by atoms with Gasteiger partial charge in [-0.05, 0) is 51.8 Å². The van der Waals surface area contributed by atoms with Gasteiger partial charge in [0.1, 0.15) is 0 Å². The summed E-state index contributed by atoms with van der Waals surface area (Å²) in [5, 5.41) is 0. The van der Waals surface area contributed by atoms with Gasteiger partial charge in [-0.2, -0.15) is 0 Å². The standard InChI is InChI=1S/C16H26N2/c1-4-16(3,18-10-5-6-11-18)15(17)14-9-7-8-13(2)12-14/h7-9,12,15H,4-6,10-11,17H2,1-3H3. The molecule has 1 fully saturated rings. The number of benzene rings is 1. The van der Waals surface area contributed by atoms with Gasteiger partial charge >= 0.3 is 0 Å². The monoisotopic (exact) mass is 246 g/mol. The van der Waals surface area contributed by atoms with Gasteiger partial charge in [0.25, 0.3) is 0 Å². The van der Waals surface area contributed by atoms with Crippen LogP contribution in [0.2, 0.25) is 0 Å². The molecular weight excluding hydrogens is 220 g/mol. The molecule has 2 rings (SSSR count). The van der Waals surface area contributed by atoms with Gasteiger partial charge < -0.3 is 5.73 Å². The van der Waals surface area contributed by atoms with Crippen molar-refractivity contribution >= 4 is 0 Å². The van der Waals surface area contributed by atoms with Crippen LogP contribution in [0.25, 0.3) is 0 Å². The largest absolute Gasteiger partial charge is 0.322 e. The first kappa shape index (κ1) is 13.6. The molecule has 100 valence electrons. The maximum Gasteiger partial charge on any atom is 0.0479 e. The summed E-state index contributed by atoms with van der Waals surface area (Å²) in [4.78, 5) is 2.58. The average molecular weight is 246 g/mol. The fourth-order valence-corrected chi connectivity index (χ4v) is 3.09. The lowest BCUT2D eigenvalue weighted by atomic mass is 9.83. The van der Waals surface area contributed by atoms with Crippen LogP contribution < -0.4 is 5.73 Å². The number of hydrogen-bond acceptors (Lipinski definition) is 2. The Balaban J connectivity index is 2.26. The van der Waals surface area contributed by atoms with Gasteiger partial charge in [0.15, 0.2) is 0 Å². The molecule has 2 heteroatoms. The normalized spacial score (nSPS) is 21.8. The number of hydrogen-bond donors (Lipinski definition) is 1. The van der Waals surface area contributed by atoms with E-state index in [1.807, 2.05) is 0 Å². The van der Waals surface area contributed by atoms with Crippen LogP contribution in [0.3, 0.4) is 0 Å². The summed E-state index contributed by atoms with van der Waals surface area (Å²) >= 11 is 0. The molecule has 0 radical (unpaired) electrons. The molecular formula is C16H26N2. The average Bonchev–Trinajstić information content (AvgIpc) is 2.91. The van der Waals surface area contributed by atoms with E-state index in [1.165, 1.54) is 37.1 Å². The molecule has 2 unspecified atom stereocenters. The highest BCUT2D eigenvalue weighted by molar-refractivity contribution is 5.27. The van der Waals surface area contributed by atoms with Gasteiger partial charge in [-0.1, -0.05) is 36.8 Å². The molecule has 18 heavy (non-hydrogen) atoms. The quantitative estimate of drug-likeness (QED) is 0.883. The predicted molar refractivity (Wildman–Crippen MR) is 77.6 cm³/mol. The Kier molecular flexibility index (Phi) is 4.08. The van der Waals surface area contributed by atoms with Crippen molar-refractivity contribution in [2.45, 2.75) is 51.6 Å². The molecule has 0 saturated carbocycles. The van der Waals surface area contributed by atoms with E-state index in [0.29, 0.717) is 0 Å². The van der Waals surface area contributed by atoms with E-state index in [2.05, 4.69) is 49.9 Å². The van der Waals surface area contributed by atoms with Crippen molar-refractivity contribution in [3.63, 3.8) is 0 Å². The number of nitrogens with zero attached hydrogens (tertiary/aromatic N) is 1. The lowest BCUT2D eigenvalue weighted by Gasteiger charge is -2.43. The summed E-state index contributed by atoms with van der Waals surface area (Å²) in [6.07, 6.45) is 3.73. The summed E-state index contributed by atoms with van der Waals surface area (Å²) in [6.45, 7) is 9.11. The van der Waals surface area contributed by atoms with Gasteiger partial charge in [-0.3, -0.25) is 4.90 Å². The summed E-state index contributed by atoms with van der Waals surface area (Å²) in [7, 11) is 0. The number of aryl methyl sites for hydroxylation is 1. The van der Waals surface area contributed by atoms with Crippen LogP contribution >= 0.6 is 0 Å². The van der Waals surface area contributed by atoms with Crippen molar-refractivity contribution in [2.75, 3.05) is 13.1 Å². The second-order valence-corrected chi connectivity index (χ2v) is 5.80. The summed E-state index contributed by atoms with van der Waals surface area (Å²) in [5.74, 6) is 0. The number of likely N-dealkylation sites (tertiary alicyclic amines) is 1. The Labute approximate surface area is 111 Å². The Morgan fingerprint density at radius 3 is 2.56 bits per heavy atom. The maximum atomic E-state index is 6.59. The van der Waals surface area contributed by atoms with Crippen LogP contribution in [0.4, 0.5) is 0 Å². The zero-order chi connectivity index (χ0) is 13.2. The summed E-state index contributed by atoms with van der Waals surface area (Å²) < 4.78 is 0. The van der Waals surface area contributed by atoms with Crippen molar-refractivity contribution in [1.82, 2.24) is 4.90 Å². The van der Waals surface area contributed by atoms with Gasteiger partial charge in [-0.25, -0.2) is 0 Å². The Hall–Kier alpha value is -0.860. The Morgan fingerprint density at radius 2 is 2.00 bits per heavy atom. The molecule has 2 N–H and O–H groups in total. The number of nitrogens with two attached hydrogens (primary N) is 1. The van der Waals surface area contributed by atoms with E-state index in [9.17, 15) is 0 Å². The van der Waals surface area contributed by atoms with Crippen LogP contribution in [-0.2, 0) is 0 Å². The van der Waals surface area contributed by atoms with Gasteiger partial charge in [0.05, 0.1) is 0 Å². The van der Waals surface area contributed by atoms with Crippen molar-refractivity contribution in [3.8, 4) is 0 Å².